The fourth-order valence-electron chi connectivity index (χ4n) is 3.50. The highest BCUT2D eigenvalue weighted by molar-refractivity contribution is 7.08. The van der Waals surface area contributed by atoms with Gasteiger partial charge < -0.3 is 14.6 Å². The van der Waals surface area contributed by atoms with E-state index in [1.807, 2.05) is 7.05 Å². The highest BCUT2D eigenvalue weighted by atomic mass is 32.1. The first kappa shape index (κ1) is 17.9. The van der Waals surface area contributed by atoms with Gasteiger partial charge in [0.15, 0.2) is 17.8 Å². The molecule has 1 saturated heterocycles. The molecule has 0 aliphatic carbocycles. The second kappa shape index (κ2) is 8.06. The van der Waals surface area contributed by atoms with E-state index in [0.29, 0.717) is 18.0 Å². The molecule has 2 aromatic heterocycles. The zero-order valence-electron chi connectivity index (χ0n) is 15.4. The molecule has 1 amide bonds. The number of rotatable bonds is 5. The average Bonchev–Trinajstić information content (AvgIpc) is 3.41. The summed E-state index contributed by atoms with van der Waals surface area (Å²) >= 11 is 1.69. The molecule has 1 fully saturated rings. The van der Waals surface area contributed by atoms with Crippen molar-refractivity contribution in [1.29, 1.82) is 0 Å². The quantitative estimate of drug-likeness (QED) is 0.707. The molecular formula is C21H23N3O2S. The molecule has 1 atom stereocenters. The van der Waals surface area contributed by atoms with Gasteiger partial charge in [-0.2, -0.15) is 11.3 Å². The maximum absolute atomic E-state index is 12.9. The normalized spacial score (nSPS) is 17.0. The van der Waals surface area contributed by atoms with Gasteiger partial charge in [0.25, 0.3) is 5.91 Å². The lowest BCUT2D eigenvalue weighted by molar-refractivity contribution is 0.0776. The highest BCUT2D eigenvalue weighted by Crippen LogP contribution is 2.26. The Labute approximate surface area is 163 Å². The first-order chi connectivity index (χ1) is 13.2. The second-order valence-electron chi connectivity index (χ2n) is 6.94. The fraction of sp³-hybridized carbons (Fsp3) is 0.333. The minimum absolute atomic E-state index is 0.0819. The van der Waals surface area contributed by atoms with Gasteiger partial charge >= 0.3 is 0 Å². The first-order valence-electron chi connectivity index (χ1n) is 9.26. The van der Waals surface area contributed by atoms with Crippen LogP contribution < -0.4 is 5.32 Å². The number of amides is 1. The molecule has 1 unspecified atom stereocenters. The summed E-state index contributed by atoms with van der Waals surface area (Å²) in [5.74, 6) is 0.562. The van der Waals surface area contributed by atoms with Gasteiger partial charge in [-0.3, -0.25) is 4.79 Å². The number of nitrogens with one attached hydrogen (secondary N) is 1. The molecular weight excluding hydrogens is 358 g/mol. The van der Waals surface area contributed by atoms with Gasteiger partial charge in [-0.1, -0.05) is 30.7 Å². The number of aromatic nitrogens is 1. The number of hydrogen-bond acceptors (Lipinski definition) is 5. The van der Waals surface area contributed by atoms with Crippen molar-refractivity contribution in [2.24, 2.45) is 0 Å². The molecule has 5 nitrogen and oxygen atoms in total. The number of carbonyl (C=O) groups excluding carboxylic acids is 1. The predicted molar refractivity (Wildman–Crippen MR) is 107 cm³/mol. The molecule has 1 aromatic carbocycles. The monoisotopic (exact) mass is 381 g/mol. The molecule has 1 aliphatic rings. The summed E-state index contributed by atoms with van der Waals surface area (Å²) < 4.78 is 5.56. The van der Waals surface area contributed by atoms with Crippen molar-refractivity contribution >= 4 is 17.2 Å². The third-order valence-corrected chi connectivity index (χ3v) is 5.68. The largest absolute Gasteiger partial charge is 0.446 e. The number of nitrogens with zero attached hydrogens (tertiary/aromatic N) is 2. The summed E-state index contributed by atoms with van der Waals surface area (Å²) in [5, 5.41) is 7.63. The molecule has 4 rings (SSSR count). The van der Waals surface area contributed by atoms with Crippen LogP contribution in [0.15, 0.2) is 51.9 Å². The molecule has 0 radical (unpaired) electrons. The van der Waals surface area contributed by atoms with E-state index in [0.717, 1.165) is 31.4 Å². The highest BCUT2D eigenvalue weighted by Gasteiger charge is 2.27. The lowest BCUT2D eigenvalue weighted by Crippen LogP contribution is -2.31. The van der Waals surface area contributed by atoms with Crippen LogP contribution in [-0.2, 0) is 6.54 Å². The molecule has 0 saturated carbocycles. The Bertz CT molecular complexity index is 881. The summed E-state index contributed by atoms with van der Waals surface area (Å²) in [4.78, 5) is 18.8. The van der Waals surface area contributed by atoms with Crippen LogP contribution in [0.2, 0.25) is 0 Å². The second-order valence-corrected chi connectivity index (χ2v) is 7.72. The first-order valence-corrected chi connectivity index (χ1v) is 10.2. The Morgan fingerprint density at radius 3 is 2.81 bits per heavy atom. The van der Waals surface area contributed by atoms with Crippen LogP contribution in [0, 0.1) is 0 Å². The number of hydrogen-bond donors (Lipinski definition) is 1. The van der Waals surface area contributed by atoms with Crippen LogP contribution >= 0.6 is 11.3 Å². The fourth-order valence-corrected chi connectivity index (χ4v) is 4.16. The molecule has 6 heteroatoms. The van der Waals surface area contributed by atoms with E-state index >= 15 is 0 Å². The Morgan fingerprint density at radius 2 is 2.11 bits per heavy atom. The van der Waals surface area contributed by atoms with Crippen molar-refractivity contribution < 1.29 is 9.21 Å². The van der Waals surface area contributed by atoms with Gasteiger partial charge in [-0.15, -0.1) is 0 Å². The zero-order chi connectivity index (χ0) is 18.6. The van der Waals surface area contributed by atoms with Crippen LogP contribution in [0.3, 0.4) is 0 Å². The smallest absolute Gasteiger partial charge is 0.276 e. The molecule has 27 heavy (non-hydrogen) atoms. The minimum Gasteiger partial charge on any atom is -0.446 e. The maximum Gasteiger partial charge on any atom is 0.276 e. The molecule has 0 bridgehead atoms. The van der Waals surface area contributed by atoms with Crippen LogP contribution in [0.5, 0.6) is 0 Å². The summed E-state index contributed by atoms with van der Waals surface area (Å²) in [5.41, 5.74) is 3.93. The van der Waals surface area contributed by atoms with Gasteiger partial charge in [-0.05, 0) is 52.9 Å². The average molecular weight is 382 g/mol. The summed E-state index contributed by atoms with van der Waals surface area (Å²) in [6.45, 7) is 1.48. The van der Waals surface area contributed by atoms with Gasteiger partial charge in [0.1, 0.15) is 0 Å². The topological polar surface area (TPSA) is 58.4 Å². The van der Waals surface area contributed by atoms with Gasteiger partial charge in [0, 0.05) is 13.6 Å². The molecule has 1 N–H and O–H groups in total. The Hall–Kier alpha value is -2.44. The molecule has 0 spiro atoms. The van der Waals surface area contributed by atoms with E-state index in [1.165, 1.54) is 17.5 Å². The summed E-state index contributed by atoms with van der Waals surface area (Å²) in [6, 6.07) is 10.5. The Balaban J connectivity index is 1.45. The number of carbonyl (C=O) groups is 1. The predicted octanol–water partition coefficient (Wildman–Crippen LogP) is 4.49. The van der Waals surface area contributed by atoms with E-state index < -0.39 is 0 Å². The van der Waals surface area contributed by atoms with Crippen molar-refractivity contribution in [1.82, 2.24) is 15.2 Å². The van der Waals surface area contributed by atoms with Crippen LogP contribution in [0.4, 0.5) is 0 Å². The van der Waals surface area contributed by atoms with Crippen molar-refractivity contribution in [3.63, 3.8) is 0 Å². The number of piperidine rings is 1. The van der Waals surface area contributed by atoms with Crippen LogP contribution in [0.1, 0.15) is 47.1 Å². The van der Waals surface area contributed by atoms with E-state index in [2.05, 4.69) is 51.4 Å². The minimum atomic E-state index is -0.104. The molecule has 1 aliphatic heterocycles. The van der Waals surface area contributed by atoms with Crippen LogP contribution in [-0.4, -0.2) is 29.4 Å². The van der Waals surface area contributed by atoms with Crippen molar-refractivity contribution in [3.8, 4) is 11.1 Å². The van der Waals surface area contributed by atoms with E-state index in [4.69, 9.17) is 4.42 Å². The van der Waals surface area contributed by atoms with Crippen molar-refractivity contribution in [3.05, 3.63) is 64.5 Å². The van der Waals surface area contributed by atoms with E-state index in [-0.39, 0.29) is 11.9 Å². The lowest BCUT2D eigenvalue weighted by atomic mass is 10.0. The standard InChI is InChI=1S/C21H23N3O2S/c1-24(12-15-5-7-16(8-6-15)17-9-11-27-13-17)21(25)19-20(26-14-23-19)18-4-2-3-10-22-18/h5-9,11,13-14,18,22H,2-4,10,12H2,1H3. The maximum atomic E-state index is 12.9. The molecule has 3 heterocycles. The van der Waals surface area contributed by atoms with Gasteiger partial charge in [0.2, 0.25) is 0 Å². The van der Waals surface area contributed by atoms with E-state index in [1.54, 1.807) is 16.2 Å². The molecule has 140 valence electrons. The van der Waals surface area contributed by atoms with Gasteiger partial charge in [0.05, 0.1) is 6.04 Å². The van der Waals surface area contributed by atoms with Gasteiger partial charge in [-0.25, -0.2) is 4.98 Å². The Kier molecular flexibility index (Phi) is 5.36. The SMILES string of the molecule is CN(Cc1ccc(-c2ccsc2)cc1)C(=O)c1ncoc1C1CCCCN1. The third kappa shape index (κ3) is 3.96. The summed E-state index contributed by atoms with van der Waals surface area (Å²) in [7, 11) is 1.81. The summed E-state index contributed by atoms with van der Waals surface area (Å²) in [6.07, 6.45) is 4.65. The zero-order valence-corrected chi connectivity index (χ0v) is 16.2. The van der Waals surface area contributed by atoms with Crippen LogP contribution in [0.25, 0.3) is 11.1 Å². The number of benzene rings is 1. The Morgan fingerprint density at radius 1 is 1.26 bits per heavy atom. The number of thiophene rings is 1. The number of oxazole rings is 1. The van der Waals surface area contributed by atoms with Crippen molar-refractivity contribution in [2.75, 3.05) is 13.6 Å². The van der Waals surface area contributed by atoms with Crippen molar-refractivity contribution in [2.45, 2.75) is 31.8 Å². The van der Waals surface area contributed by atoms with E-state index in [9.17, 15) is 4.79 Å². The lowest BCUT2D eigenvalue weighted by Gasteiger charge is -2.23. The third-order valence-electron chi connectivity index (χ3n) is 5.00. The molecule has 3 aromatic rings.